The molecule has 2 aromatic carbocycles. The monoisotopic (exact) mass is 406 g/mol. The molecule has 2 N–H and O–H groups in total. The van der Waals surface area contributed by atoms with Crippen LogP contribution in [0.4, 0.5) is 10.5 Å². The molecule has 0 fully saturated rings. The van der Waals surface area contributed by atoms with Gasteiger partial charge in [0, 0.05) is 20.6 Å². The number of urea groups is 1. The van der Waals surface area contributed by atoms with Gasteiger partial charge >= 0.3 is 6.03 Å². The number of nitrogens with one attached hydrogen (secondary N) is 2. The first kappa shape index (κ1) is 18.2. The summed E-state index contributed by atoms with van der Waals surface area (Å²) in [4.78, 5) is 36.6. The highest BCUT2D eigenvalue weighted by atomic mass is 79.9. The highest BCUT2D eigenvalue weighted by Gasteiger charge is 2.14. The largest absolute Gasteiger partial charge is 0.325 e. The molecule has 0 heterocycles. The van der Waals surface area contributed by atoms with Gasteiger partial charge in [-0.15, -0.1) is 11.8 Å². The number of carbonyl (C=O) groups is 3. The minimum absolute atomic E-state index is 0.336. The smallest absolute Gasteiger partial charge is 0.308 e. The summed E-state index contributed by atoms with van der Waals surface area (Å²) in [5, 5.41) is 4.66. The number of hydrogen-bond donors (Lipinski definition) is 2. The van der Waals surface area contributed by atoms with Crippen LogP contribution >= 0.6 is 27.7 Å². The average molecular weight is 407 g/mol. The molecule has 0 aliphatic heterocycles. The number of imide groups is 1. The fourth-order valence-corrected chi connectivity index (χ4v) is 2.56. The lowest BCUT2D eigenvalue weighted by molar-refractivity contribution is -0.119. The molecule has 2 rings (SSSR count). The van der Waals surface area contributed by atoms with E-state index >= 15 is 0 Å². The number of carbonyl (C=O) groups excluding carboxylic acids is 3. The van der Waals surface area contributed by atoms with Crippen molar-refractivity contribution in [2.24, 2.45) is 0 Å². The molecule has 0 atom stereocenters. The summed E-state index contributed by atoms with van der Waals surface area (Å²) in [7, 11) is 0. The lowest BCUT2D eigenvalue weighted by Crippen LogP contribution is -2.35. The first-order valence-electron chi connectivity index (χ1n) is 7.01. The summed E-state index contributed by atoms with van der Waals surface area (Å²) in [6.45, 7) is 0. The van der Waals surface area contributed by atoms with Crippen LogP contribution in [-0.4, -0.2) is 24.0 Å². The minimum atomic E-state index is -0.673. The third kappa shape index (κ3) is 5.50. The third-order valence-corrected chi connectivity index (χ3v) is 4.36. The number of thioether (sulfide) groups is 1. The Morgan fingerprint density at radius 3 is 2.21 bits per heavy atom. The first-order valence-corrected chi connectivity index (χ1v) is 9.03. The number of rotatable bonds is 5. The van der Waals surface area contributed by atoms with E-state index in [0.29, 0.717) is 11.3 Å². The molecular formula is C17H15BrN2O3S. The van der Waals surface area contributed by atoms with Crippen LogP contribution < -0.4 is 10.6 Å². The van der Waals surface area contributed by atoms with Gasteiger partial charge in [-0.2, -0.15) is 0 Å². The fourth-order valence-electron chi connectivity index (χ4n) is 1.89. The Labute approximate surface area is 152 Å². The highest BCUT2D eigenvalue weighted by molar-refractivity contribution is 9.10. The second-order valence-electron chi connectivity index (χ2n) is 4.84. The van der Waals surface area contributed by atoms with Gasteiger partial charge in [-0.3, -0.25) is 14.9 Å². The third-order valence-electron chi connectivity index (χ3n) is 3.09. The van der Waals surface area contributed by atoms with E-state index in [0.717, 1.165) is 9.37 Å². The van der Waals surface area contributed by atoms with Crippen molar-refractivity contribution in [2.45, 2.75) is 11.3 Å². The summed E-state index contributed by atoms with van der Waals surface area (Å²) in [5.41, 5.74) is 0.985. The topological polar surface area (TPSA) is 75.3 Å². The van der Waals surface area contributed by atoms with E-state index in [-0.39, 0.29) is 12.2 Å². The second-order valence-corrected chi connectivity index (χ2v) is 6.63. The molecule has 0 saturated heterocycles. The molecule has 5 nitrogen and oxygen atoms in total. The van der Waals surface area contributed by atoms with Crippen LogP contribution in [0, 0.1) is 0 Å². The van der Waals surface area contributed by atoms with Crippen molar-refractivity contribution >= 4 is 51.1 Å². The molecule has 0 aliphatic rings. The molecular weight excluding hydrogens is 392 g/mol. The maximum absolute atomic E-state index is 12.0. The minimum Gasteiger partial charge on any atom is -0.308 e. The van der Waals surface area contributed by atoms with Crippen LogP contribution in [0.15, 0.2) is 57.9 Å². The maximum Gasteiger partial charge on any atom is 0.325 e. The zero-order valence-corrected chi connectivity index (χ0v) is 15.2. The van der Waals surface area contributed by atoms with Crippen molar-refractivity contribution in [3.63, 3.8) is 0 Å². The predicted molar refractivity (Wildman–Crippen MR) is 98.5 cm³/mol. The number of halogens is 1. The van der Waals surface area contributed by atoms with E-state index in [2.05, 4.69) is 26.6 Å². The van der Waals surface area contributed by atoms with E-state index in [1.165, 1.54) is 0 Å². The molecule has 0 aliphatic carbocycles. The fraction of sp³-hybridized carbons (Fsp3) is 0.118. The van der Waals surface area contributed by atoms with E-state index < -0.39 is 11.9 Å². The number of amides is 3. The molecule has 3 amide bonds. The second kappa shape index (κ2) is 8.65. The van der Waals surface area contributed by atoms with Crippen LogP contribution in [0.3, 0.4) is 0 Å². The molecule has 0 spiro atoms. The highest BCUT2D eigenvalue weighted by Crippen LogP contribution is 2.16. The van der Waals surface area contributed by atoms with Gasteiger partial charge in [0.2, 0.25) is 5.91 Å². The Balaban J connectivity index is 1.86. The first-order chi connectivity index (χ1) is 11.5. The summed E-state index contributed by atoms with van der Waals surface area (Å²) < 4.78 is 0.877. The maximum atomic E-state index is 12.0. The number of anilines is 1. The van der Waals surface area contributed by atoms with Gasteiger partial charge in [0.05, 0.1) is 6.42 Å². The SMILES string of the molecule is CSc1ccc(C(=O)CC(=O)NC(=O)Nc2ccc(Br)cc2)cc1. The molecule has 7 heteroatoms. The standard InChI is InChI=1S/C17H15BrN2O3S/c1-24-14-8-2-11(3-9-14)15(21)10-16(22)20-17(23)19-13-6-4-12(18)5-7-13/h2-9H,10H2,1H3,(H2,19,20,22,23). The van der Waals surface area contributed by atoms with Crippen molar-refractivity contribution in [1.29, 1.82) is 0 Å². The van der Waals surface area contributed by atoms with Gasteiger partial charge in [-0.05, 0) is 42.7 Å². The number of hydrogen-bond acceptors (Lipinski definition) is 4. The van der Waals surface area contributed by atoms with Gasteiger partial charge < -0.3 is 5.32 Å². The zero-order valence-electron chi connectivity index (χ0n) is 12.8. The van der Waals surface area contributed by atoms with Crippen LogP contribution in [0.25, 0.3) is 0 Å². The van der Waals surface area contributed by atoms with Crippen molar-refractivity contribution in [1.82, 2.24) is 5.32 Å². The van der Waals surface area contributed by atoms with E-state index in [9.17, 15) is 14.4 Å². The molecule has 2 aromatic rings. The molecule has 0 bridgehead atoms. The Bertz CT molecular complexity index is 745. The van der Waals surface area contributed by atoms with Crippen LogP contribution in [0.1, 0.15) is 16.8 Å². The van der Waals surface area contributed by atoms with Gasteiger partial charge in [0.15, 0.2) is 5.78 Å². The summed E-state index contributed by atoms with van der Waals surface area (Å²) in [6, 6.07) is 13.2. The van der Waals surface area contributed by atoms with Gasteiger partial charge in [-0.25, -0.2) is 4.79 Å². The molecule has 24 heavy (non-hydrogen) atoms. The molecule has 0 unspecified atom stereocenters. The normalized spacial score (nSPS) is 10.1. The number of Topliss-reactive ketones (excluding diaryl/α,β-unsaturated/α-hetero) is 1. The summed E-state index contributed by atoms with van der Waals surface area (Å²) in [5.74, 6) is -0.986. The molecule has 0 radical (unpaired) electrons. The van der Waals surface area contributed by atoms with Crippen LogP contribution in [0.2, 0.25) is 0 Å². The average Bonchev–Trinajstić information content (AvgIpc) is 2.56. The van der Waals surface area contributed by atoms with Crippen molar-refractivity contribution in [3.8, 4) is 0 Å². The van der Waals surface area contributed by atoms with Crippen molar-refractivity contribution < 1.29 is 14.4 Å². The van der Waals surface area contributed by atoms with Crippen LogP contribution in [-0.2, 0) is 4.79 Å². The van der Waals surface area contributed by atoms with E-state index in [4.69, 9.17) is 0 Å². The quantitative estimate of drug-likeness (QED) is 0.445. The Kier molecular flexibility index (Phi) is 6.57. The molecule has 0 saturated carbocycles. The van der Waals surface area contributed by atoms with Crippen molar-refractivity contribution in [3.05, 3.63) is 58.6 Å². The Hall–Kier alpha value is -2.12. The Morgan fingerprint density at radius 1 is 1.00 bits per heavy atom. The number of ketones is 1. The Morgan fingerprint density at radius 2 is 1.62 bits per heavy atom. The summed E-state index contributed by atoms with van der Waals surface area (Å²) >= 11 is 4.86. The lowest BCUT2D eigenvalue weighted by Gasteiger charge is -2.07. The molecule has 124 valence electrons. The molecule has 0 aromatic heterocycles. The number of benzene rings is 2. The summed E-state index contributed by atoms with van der Waals surface area (Å²) in [6.07, 6.45) is 1.56. The van der Waals surface area contributed by atoms with Crippen LogP contribution in [0.5, 0.6) is 0 Å². The van der Waals surface area contributed by atoms with Gasteiger partial charge in [0.25, 0.3) is 0 Å². The van der Waals surface area contributed by atoms with Gasteiger partial charge in [0.1, 0.15) is 0 Å². The van der Waals surface area contributed by atoms with E-state index in [1.807, 2.05) is 18.4 Å². The van der Waals surface area contributed by atoms with Gasteiger partial charge in [-0.1, -0.05) is 28.1 Å². The zero-order chi connectivity index (χ0) is 17.5. The lowest BCUT2D eigenvalue weighted by atomic mass is 10.1. The predicted octanol–water partition coefficient (Wildman–Crippen LogP) is 4.09. The van der Waals surface area contributed by atoms with E-state index in [1.54, 1.807) is 48.2 Å². The van der Waals surface area contributed by atoms with Crippen molar-refractivity contribution in [2.75, 3.05) is 11.6 Å².